The van der Waals surface area contributed by atoms with Gasteiger partial charge in [-0.05, 0) is 57.2 Å². The van der Waals surface area contributed by atoms with Gasteiger partial charge in [0, 0.05) is 18.7 Å². The summed E-state index contributed by atoms with van der Waals surface area (Å²) in [5.41, 5.74) is 1.88. The van der Waals surface area contributed by atoms with Crippen LogP contribution in [0.15, 0.2) is 18.2 Å². The van der Waals surface area contributed by atoms with Gasteiger partial charge in [-0.3, -0.25) is 9.59 Å². The molecule has 2 rings (SSSR count). The van der Waals surface area contributed by atoms with Crippen LogP contribution in [0.5, 0.6) is 5.75 Å². The first-order valence-corrected chi connectivity index (χ1v) is 7.51. The fourth-order valence-electron chi connectivity index (χ4n) is 2.27. The molecule has 22 heavy (non-hydrogen) atoms. The van der Waals surface area contributed by atoms with Crippen molar-refractivity contribution in [1.82, 2.24) is 10.2 Å². The summed E-state index contributed by atoms with van der Waals surface area (Å²) in [7, 11) is 4.01. The van der Waals surface area contributed by atoms with E-state index in [1.165, 1.54) is 0 Å². The molecule has 0 aromatic heterocycles. The lowest BCUT2D eigenvalue weighted by molar-refractivity contribution is -0.123. The number of amides is 2. The second-order valence-corrected chi connectivity index (χ2v) is 5.66. The summed E-state index contributed by atoms with van der Waals surface area (Å²) in [5.74, 6) is 0.571. The van der Waals surface area contributed by atoms with E-state index in [2.05, 4.69) is 15.5 Å². The van der Waals surface area contributed by atoms with Crippen molar-refractivity contribution < 1.29 is 14.3 Å². The second kappa shape index (κ2) is 7.79. The quantitative estimate of drug-likeness (QED) is 0.738. The lowest BCUT2D eigenvalue weighted by Crippen LogP contribution is -2.31. The summed E-state index contributed by atoms with van der Waals surface area (Å²) >= 11 is 0. The second-order valence-electron chi connectivity index (χ2n) is 5.66. The average molecular weight is 305 g/mol. The first-order chi connectivity index (χ1) is 10.5. The van der Waals surface area contributed by atoms with Crippen molar-refractivity contribution in [3.63, 3.8) is 0 Å². The van der Waals surface area contributed by atoms with Crippen molar-refractivity contribution in [2.75, 3.05) is 39.1 Å². The van der Waals surface area contributed by atoms with Crippen molar-refractivity contribution in [3.8, 4) is 5.75 Å². The molecule has 2 amide bonds. The lowest BCUT2D eigenvalue weighted by atomic mass is 10.0. The molecule has 0 bridgehead atoms. The Hall–Kier alpha value is -2.08. The van der Waals surface area contributed by atoms with E-state index < -0.39 is 0 Å². The third kappa shape index (κ3) is 5.04. The molecule has 0 spiro atoms. The van der Waals surface area contributed by atoms with E-state index >= 15 is 0 Å². The van der Waals surface area contributed by atoms with Crippen molar-refractivity contribution in [2.45, 2.75) is 19.3 Å². The molecule has 0 aliphatic carbocycles. The van der Waals surface area contributed by atoms with E-state index in [0.717, 1.165) is 24.2 Å². The van der Waals surface area contributed by atoms with Crippen LogP contribution in [0.25, 0.3) is 0 Å². The van der Waals surface area contributed by atoms with Gasteiger partial charge in [0.25, 0.3) is 5.91 Å². The Balaban J connectivity index is 1.75. The molecule has 2 N–H and O–H groups in total. The number of nitrogens with one attached hydrogen (secondary N) is 2. The maximum Gasteiger partial charge on any atom is 0.257 e. The number of aryl methyl sites for hydroxylation is 1. The molecular weight excluding hydrogens is 282 g/mol. The van der Waals surface area contributed by atoms with Crippen LogP contribution in [-0.4, -0.2) is 50.5 Å². The van der Waals surface area contributed by atoms with Gasteiger partial charge in [0.1, 0.15) is 5.75 Å². The molecule has 0 atom stereocenters. The molecule has 0 unspecified atom stereocenters. The Labute approximate surface area is 130 Å². The van der Waals surface area contributed by atoms with Gasteiger partial charge in [0.2, 0.25) is 5.91 Å². The largest absolute Gasteiger partial charge is 0.484 e. The molecule has 6 nitrogen and oxygen atoms in total. The summed E-state index contributed by atoms with van der Waals surface area (Å²) in [4.78, 5) is 25.1. The fraction of sp³-hybridized carbons (Fsp3) is 0.500. The number of fused-ring (bicyclic) bond motifs is 1. The molecule has 6 heteroatoms. The summed E-state index contributed by atoms with van der Waals surface area (Å²) in [6.07, 6.45) is 2.11. The SMILES string of the molecule is CN(C)CCCNC(=O)COc1ccc2c(c1)CCC(=O)N2. The number of hydrogen-bond donors (Lipinski definition) is 2. The number of nitrogens with zero attached hydrogens (tertiary/aromatic N) is 1. The zero-order valence-electron chi connectivity index (χ0n) is 13.1. The predicted molar refractivity (Wildman–Crippen MR) is 85.1 cm³/mol. The standard InChI is InChI=1S/C16H23N3O3/c1-19(2)9-3-8-17-16(21)11-22-13-5-6-14-12(10-13)4-7-15(20)18-14/h5-6,10H,3-4,7-9,11H2,1-2H3,(H,17,21)(H,18,20). The molecule has 0 saturated heterocycles. The molecule has 1 aromatic rings. The minimum Gasteiger partial charge on any atom is -0.484 e. The number of hydrogen-bond acceptors (Lipinski definition) is 4. The Bertz CT molecular complexity index is 543. The van der Waals surface area contributed by atoms with E-state index in [1.54, 1.807) is 6.07 Å². The fourth-order valence-corrected chi connectivity index (χ4v) is 2.27. The Kier molecular flexibility index (Phi) is 5.77. The lowest BCUT2D eigenvalue weighted by Gasteiger charge is -2.17. The monoisotopic (exact) mass is 305 g/mol. The van der Waals surface area contributed by atoms with Gasteiger partial charge in [-0.2, -0.15) is 0 Å². The molecule has 1 aliphatic rings. The smallest absolute Gasteiger partial charge is 0.257 e. The zero-order chi connectivity index (χ0) is 15.9. The minimum absolute atomic E-state index is 0.00705. The molecule has 1 aromatic carbocycles. The van der Waals surface area contributed by atoms with Crippen LogP contribution in [0, 0.1) is 0 Å². The number of benzene rings is 1. The summed E-state index contributed by atoms with van der Waals surface area (Å²) in [6, 6.07) is 5.47. The van der Waals surface area contributed by atoms with Crippen molar-refractivity contribution in [3.05, 3.63) is 23.8 Å². The first kappa shape index (κ1) is 16.3. The summed E-state index contributed by atoms with van der Waals surface area (Å²) in [6.45, 7) is 1.60. The van der Waals surface area contributed by atoms with E-state index in [9.17, 15) is 9.59 Å². The molecule has 1 heterocycles. The van der Waals surface area contributed by atoms with Gasteiger partial charge in [-0.25, -0.2) is 0 Å². The number of carbonyl (C=O) groups excluding carboxylic acids is 2. The third-order valence-electron chi connectivity index (χ3n) is 3.45. The van der Waals surface area contributed by atoms with E-state index in [-0.39, 0.29) is 18.4 Å². The molecule has 1 aliphatic heterocycles. The predicted octanol–water partition coefficient (Wildman–Crippen LogP) is 1.02. The van der Waals surface area contributed by atoms with Crippen LogP contribution in [0.2, 0.25) is 0 Å². The summed E-state index contributed by atoms with van der Waals surface area (Å²) < 4.78 is 5.50. The molecular formula is C16H23N3O3. The Morgan fingerprint density at radius 2 is 2.18 bits per heavy atom. The van der Waals surface area contributed by atoms with Gasteiger partial charge in [0.15, 0.2) is 6.61 Å². The maximum atomic E-state index is 11.7. The van der Waals surface area contributed by atoms with Gasteiger partial charge >= 0.3 is 0 Å². The average Bonchev–Trinajstić information content (AvgIpc) is 2.49. The van der Waals surface area contributed by atoms with Crippen LogP contribution in [-0.2, 0) is 16.0 Å². The van der Waals surface area contributed by atoms with E-state index in [1.807, 2.05) is 26.2 Å². The third-order valence-corrected chi connectivity index (χ3v) is 3.45. The van der Waals surface area contributed by atoms with Crippen molar-refractivity contribution in [1.29, 1.82) is 0 Å². The highest BCUT2D eigenvalue weighted by Crippen LogP contribution is 2.26. The Morgan fingerprint density at radius 3 is 2.95 bits per heavy atom. The molecule has 0 fully saturated rings. The van der Waals surface area contributed by atoms with Crippen LogP contribution in [0.3, 0.4) is 0 Å². The van der Waals surface area contributed by atoms with E-state index in [4.69, 9.17) is 4.74 Å². The molecule has 0 radical (unpaired) electrons. The summed E-state index contributed by atoms with van der Waals surface area (Å²) in [5, 5.41) is 5.65. The van der Waals surface area contributed by atoms with Crippen LogP contribution in [0.1, 0.15) is 18.4 Å². The van der Waals surface area contributed by atoms with Crippen molar-refractivity contribution in [2.24, 2.45) is 0 Å². The Morgan fingerprint density at radius 1 is 1.36 bits per heavy atom. The van der Waals surface area contributed by atoms with Crippen LogP contribution < -0.4 is 15.4 Å². The normalized spacial score (nSPS) is 13.5. The topological polar surface area (TPSA) is 70.7 Å². The highest BCUT2D eigenvalue weighted by atomic mass is 16.5. The molecule has 120 valence electrons. The van der Waals surface area contributed by atoms with Gasteiger partial charge in [-0.15, -0.1) is 0 Å². The number of anilines is 1. The van der Waals surface area contributed by atoms with Crippen LogP contribution >= 0.6 is 0 Å². The van der Waals surface area contributed by atoms with E-state index in [0.29, 0.717) is 25.1 Å². The highest BCUT2D eigenvalue weighted by molar-refractivity contribution is 5.94. The maximum absolute atomic E-state index is 11.7. The number of ether oxygens (including phenoxy) is 1. The molecule has 0 saturated carbocycles. The highest BCUT2D eigenvalue weighted by Gasteiger charge is 2.15. The first-order valence-electron chi connectivity index (χ1n) is 7.51. The number of carbonyl (C=O) groups is 2. The minimum atomic E-state index is -0.121. The van der Waals surface area contributed by atoms with Gasteiger partial charge in [0.05, 0.1) is 0 Å². The zero-order valence-corrected chi connectivity index (χ0v) is 13.1. The van der Waals surface area contributed by atoms with Crippen molar-refractivity contribution >= 4 is 17.5 Å². The van der Waals surface area contributed by atoms with Crippen LogP contribution in [0.4, 0.5) is 5.69 Å². The number of rotatable bonds is 7. The van der Waals surface area contributed by atoms with Gasteiger partial charge < -0.3 is 20.3 Å². The van der Waals surface area contributed by atoms with Gasteiger partial charge in [-0.1, -0.05) is 0 Å².